The SMILES string of the molecule is C=C(CCCCCC(=O)c1ccccc1F)C1=C(F)CCC=C1. The second kappa shape index (κ2) is 8.56. The van der Waals surface area contributed by atoms with Gasteiger partial charge in [-0.25, -0.2) is 8.78 Å². The molecule has 0 heterocycles. The zero-order valence-corrected chi connectivity index (χ0v) is 13.3. The number of hydrogen-bond donors (Lipinski definition) is 0. The molecule has 0 spiro atoms. The van der Waals surface area contributed by atoms with E-state index in [1.54, 1.807) is 12.1 Å². The molecular formula is C20H22F2O. The van der Waals surface area contributed by atoms with Crippen LogP contribution in [0.4, 0.5) is 8.78 Å². The number of benzene rings is 1. The summed E-state index contributed by atoms with van der Waals surface area (Å²) < 4.78 is 27.2. The van der Waals surface area contributed by atoms with E-state index in [0.29, 0.717) is 24.8 Å². The molecule has 0 unspecified atom stereocenters. The second-order valence-corrected chi connectivity index (χ2v) is 5.83. The van der Waals surface area contributed by atoms with Crippen LogP contribution in [-0.2, 0) is 0 Å². The highest BCUT2D eigenvalue weighted by atomic mass is 19.1. The van der Waals surface area contributed by atoms with Crippen molar-refractivity contribution in [3.05, 3.63) is 71.4 Å². The Hall–Kier alpha value is -2.03. The van der Waals surface area contributed by atoms with E-state index in [9.17, 15) is 13.6 Å². The molecule has 0 radical (unpaired) electrons. The minimum atomic E-state index is -0.461. The Bertz CT molecular complexity index is 641. The molecule has 0 atom stereocenters. The number of carbonyl (C=O) groups excluding carboxylic acids is 1. The van der Waals surface area contributed by atoms with Crippen molar-refractivity contribution >= 4 is 5.78 Å². The molecule has 1 nitrogen and oxygen atoms in total. The number of halogens is 2. The van der Waals surface area contributed by atoms with Crippen LogP contribution >= 0.6 is 0 Å². The number of Topliss-reactive ketones (excluding diaryl/α,β-unsaturated/α-hetero) is 1. The number of unbranched alkanes of at least 4 members (excludes halogenated alkanes) is 2. The van der Waals surface area contributed by atoms with Gasteiger partial charge in [-0.2, -0.15) is 0 Å². The summed E-state index contributed by atoms with van der Waals surface area (Å²) in [4.78, 5) is 11.9. The molecule has 23 heavy (non-hydrogen) atoms. The monoisotopic (exact) mass is 316 g/mol. The van der Waals surface area contributed by atoms with Crippen LogP contribution in [0.2, 0.25) is 0 Å². The van der Waals surface area contributed by atoms with Crippen molar-refractivity contribution in [2.75, 3.05) is 0 Å². The molecule has 0 saturated carbocycles. The molecule has 0 saturated heterocycles. The Balaban J connectivity index is 1.70. The van der Waals surface area contributed by atoms with Gasteiger partial charge in [0.05, 0.1) is 5.56 Å². The molecule has 1 aliphatic carbocycles. The van der Waals surface area contributed by atoms with Crippen molar-refractivity contribution in [2.45, 2.75) is 44.9 Å². The van der Waals surface area contributed by atoms with Crippen LogP contribution in [0.5, 0.6) is 0 Å². The highest BCUT2D eigenvalue weighted by molar-refractivity contribution is 5.96. The highest BCUT2D eigenvalue weighted by Crippen LogP contribution is 2.27. The van der Waals surface area contributed by atoms with Crippen LogP contribution in [0.3, 0.4) is 0 Å². The molecule has 0 amide bonds. The zero-order chi connectivity index (χ0) is 16.7. The fourth-order valence-corrected chi connectivity index (χ4v) is 2.70. The minimum absolute atomic E-state index is 0.0766. The Morgan fingerprint density at radius 2 is 1.83 bits per heavy atom. The molecule has 0 N–H and O–H groups in total. The van der Waals surface area contributed by atoms with Gasteiger partial charge in [0.1, 0.15) is 11.6 Å². The first-order chi connectivity index (χ1) is 11.1. The molecule has 122 valence electrons. The number of hydrogen-bond acceptors (Lipinski definition) is 1. The van der Waals surface area contributed by atoms with Gasteiger partial charge in [0.25, 0.3) is 0 Å². The van der Waals surface area contributed by atoms with Gasteiger partial charge in [-0.15, -0.1) is 0 Å². The third-order valence-electron chi connectivity index (χ3n) is 4.04. The lowest BCUT2D eigenvalue weighted by Crippen LogP contribution is -2.02. The fraction of sp³-hybridized carbons (Fsp3) is 0.350. The summed E-state index contributed by atoms with van der Waals surface area (Å²) in [6.45, 7) is 3.96. The molecule has 3 heteroatoms. The molecular weight excluding hydrogens is 294 g/mol. The van der Waals surface area contributed by atoms with Gasteiger partial charge in [0, 0.05) is 18.4 Å². The van der Waals surface area contributed by atoms with Gasteiger partial charge in [-0.3, -0.25) is 4.79 Å². The lowest BCUT2D eigenvalue weighted by atomic mass is 9.95. The third kappa shape index (κ3) is 4.98. The summed E-state index contributed by atoms with van der Waals surface area (Å²) in [7, 11) is 0. The Labute approximate surface area is 136 Å². The molecule has 0 aliphatic heterocycles. The summed E-state index contributed by atoms with van der Waals surface area (Å²) in [6, 6.07) is 6.06. The lowest BCUT2D eigenvalue weighted by molar-refractivity contribution is 0.0975. The highest BCUT2D eigenvalue weighted by Gasteiger charge is 2.12. The molecule has 0 bridgehead atoms. The van der Waals surface area contributed by atoms with Crippen LogP contribution < -0.4 is 0 Å². The van der Waals surface area contributed by atoms with Crippen molar-refractivity contribution in [3.63, 3.8) is 0 Å². The zero-order valence-electron chi connectivity index (χ0n) is 13.3. The molecule has 1 aromatic carbocycles. The van der Waals surface area contributed by atoms with Crippen molar-refractivity contribution in [1.82, 2.24) is 0 Å². The van der Waals surface area contributed by atoms with Gasteiger partial charge in [0.15, 0.2) is 5.78 Å². The van der Waals surface area contributed by atoms with Crippen molar-refractivity contribution < 1.29 is 13.6 Å². The summed E-state index contributed by atoms with van der Waals surface area (Å²) in [5.74, 6) is -0.699. The van der Waals surface area contributed by atoms with Crippen LogP contribution in [-0.4, -0.2) is 5.78 Å². The number of rotatable bonds is 8. The quantitative estimate of drug-likeness (QED) is 0.419. The second-order valence-electron chi connectivity index (χ2n) is 5.83. The number of carbonyl (C=O) groups is 1. The molecule has 0 aromatic heterocycles. The third-order valence-corrected chi connectivity index (χ3v) is 4.04. The smallest absolute Gasteiger partial charge is 0.165 e. The van der Waals surface area contributed by atoms with E-state index < -0.39 is 5.82 Å². The Kier molecular flexibility index (Phi) is 6.45. The van der Waals surface area contributed by atoms with E-state index in [0.717, 1.165) is 31.3 Å². The van der Waals surface area contributed by atoms with Gasteiger partial charge >= 0.3 is 0 Å². The van der Waals surface area contributed by atoms with Gasteiger partial charge < -0.3 is 0 Å². The standard InChI is InChI=1S/C20H22F2O/c1-15(16-10-5-7-12-18(16)21)9-3-2-4-14-20(23)17-11-6-8-13-19(17)22/h5-6,8,10-11,13H,1-4,7,9,12,14H2. The Morgan fingerprint density at radius 3 is 2.57 bits per heavy atom. The van der Waals surface area contributed by atoms with E-state index in [1.165, 1.54) is 12.1 Å². The predicted octanol–water partition coefficient (Wildman–Crippen LogP) is 6.09. The molecule has 0 fully saturated rings. The summed E-state index contributed by atoms with van der Waals surface area (Å²) >= 11 is 0. The van der Waals surface area contributed by atoms with Crippen LogP contribution in [0.15, 0.2) is 60.0 Å². The fourth-order valence-electron chi connectivity index (χ4n) is 2.70. The van der Waals surface area contributed by atoms with Crippen LogP contribution in [0.1, 0.15) is 55.3 Å². The molecule has 1 aliphatic rings. The topological polar surface area (TPSA) is 17.1 Å². The maximum absolute atomic E-state index is 13.7. The van der Waals surface area contributed by atoms with Gasteiger partial charge in [-0.05, 0) is 43.4 Å². The van der Waals surface area contributed by atoms with E-state index >= 15 is 0 Å². The minimum Gasteiger partial charge on any atom is -0.294 e. The average Bonchev–Trinajstić information content (AvgIpc) is 2.55. The van der Waals surface area contributed by atoms with Crippen LogP contribution in [0.25, 0.3) is 0 Å². The van der Waals surface area contributed by atoms with Gasteiger partial charge in [-0.1, -0.05) is 37.3 Å². The first-order valence-corrected chi connectivity index (χ1v) is 8.10. The summed E-state index contributed by atoms with van der Waals surface area (Å²) in [5.41, 5.74) is 1.62. The van der Waals surface area contributed by atoms with Crippen molar-refractivity contribution in [1.29, 1.82) is 0 Å². The lowest BCUT2D eigenvalue weighted by Gasteiger charge is -2.12. The van der Waals surface area contributed by atoms with Crippen molar-refractivity contribution in [3.8, 4) is 0 Å². The predicted molar refractivity (Wildman–Crippen MR) is 89.5 cm³/mol. The van der Waals surface area contributed by atoms with E-state index in [-0.39, 0.29) is 17.2 Å². The number of ketones is 1. The summed E-state index contributed by atoms with van der Waals surface area (Å²) in [5, 5.41) is 0. The first kappa shape index (κ1) is 17.3. The molecule has 1 aromatic rings. The van der Waals surface area contributed by atoms with Crippen molar-refractivity contribution in [2.24, 2.45) is 0 Å². The van der Waals surface area contributed by atoms with Gasteiger partial charge in [0.2, 0.25) is 0 Å². The maximum atomic E-state index is 13.7. The van der Waals surface area contributed by atoms with E-state index in [1.807, 2.05) is 12.2 Å². The van der Waals surface area contributed by atoms with E-state index in [4.69, 9.17) is 0 Å². The summed E-state index contributed by atoms with van der Waals surface area (Å²) in [6.07, 6.45) is 8.46. The van der Waals surface area contributed by atoms with E-state index in [2.05, 4.69) is 6.58 Å². The first-order valence-electron chi connectivity index (χ1n) is 8.10. The molecule has 2 rings (SSSR count). The Morgan fingerprint density at radius 1 is 1.09 bits per heavy atom. The normalized spacial score (nSPS) is 14.2. The number of allylic oxidation sites excluding steroid dienone is 5. The largest absolute Gasteiger partial charge is 0.294 e. The average molecular weight is 316 g/mol. The maximum Gasteiger partial charge on any atom is 0.165 e. The van der Waals surface area contributed by atoms with Crippen LogP contribution in [0, 0.1) is 5.82 Å².